The molecule has 15 heavy (non-hydrogen) atoms. The van der Waals surface area contributed by atoms with E-state index in [1.54, 1.807) is 0 Å². The number of rotatable bonds is 8. The summed E-state index contributed by atoms with van der Waals surface area (Å²) in [6.07, 6.45) is 3.59. The first kappa shape index (κ1) is 14.9. The lowest BCUT2D eigenvalue weighted by atomic mass is 9.94. The zero-order chi connectivity index (χ0) is 11.9. The van der Waals surface area contributed by atoms with Crippen molar-refractivity contribution in [2.45, 2.75) is 38.6 Å². The maximum Gasteiger partial charge on any atom is 0.0300 e. The van der Waals surface area contributed by atoms with Crippen LogP contribution in [-0.4, -0.2) is 56.1 Å². The van der Waals surface area contributed by atoms with Gasteiger partial charge in [-0.05, 0) is 54.0 Å². The van der Waals surface area contributed by atoms with Gasteiger partial charge in [0.15, 0.2) is 0 Å². The molecule has 0 aliphatic heterocycles. The molecule has 0 spiro atoms. The molecule has 0 aliphatic carbocycles. The molecule has 0 heterocycles. The van der Waals surface area contributed by atoms with Crippen molar-refractivity contribution >= 4 is 0 Å². The van der Waals surface area contributed by atoms with Gasteiger partial charge >= 0.3 is 0 Å². The quantitative estimate of drug-likeness (QED) is 0.664. The van der Waals surface area contributed by atoms with Crippen LogP contribution in [0.25, 0.3) is 0 Å². The highest BCUT2D eigenvalue weighted by atomic mass is 15.2. The maximum absolute atomic E-state index is 5.87. The van der Waals surface area contributed by atoms with E-state index in [9.17, 15) is 0 Å². The molecule has 0 aromatic rings. The van der Waals surface area contributed by atoms with Crippen molar-refractivity contribution in [3.05, 3.63) is 0 Å². The molecule has 0 radical (unpaired) electrons. The first-order valence-corrected chi connectivity index (χ1v) is 6.02. The molecule has 0 aromatic heterocycles. The highest BCUT2D eigenvalue weighted by Gasteiger charge is 2.25. The summed E-state index contributed by atoms with van der Waals surface area (Å²) in [5.41, 5.74) is 6.06. The van der Waals surface area contributed by atoms with E-state index in [0.29, 0.717) is 0 Å². The summed E-state index contributed by atoms with van der Waals surface area (Å²) in [5, 5.41) is 0. The van der Waals surface area contributed by atoms with E-state index in [1.807, 2.05) is 0 Å². The van der Waals surface area contributed by atoms with E-state index in [2.05, 4.69) is 44.8 Å². The molecular weight excluding hydrogens is 186 g/mol. The molecule has 0 bridgehead atoms. The van der Waals surface area contributed by atoms with Crippen LogP contribution in [0.5, 0.6) is 0 Å². The lowest BCUT2D eigenvalue weighted by Crippen LogP contribution is -2.50. The van der Waals surface area contributed by atoms with Crippen LogP contribution >= 0.6 is 0 Å². The Hall–Kier alpha value is -0.120. The molecule has 2 N–H and O–H groups in total. The smallest absolute Gasteiger partial charge is 0.0300 e. The Bertz CT molecular complexity index is 159. The number of nitrogens with zero attached hydrogens (tertiary/aromatic N) is 2. The maximum atomic E-state index is 5.87. The number of hydrogen-bond acceptors (Lipinski definition) is 3. The van der Waals surface area contributed by atoms with Crippen LogP contribution in [0, 0.1) is 0 Å². The van der Waals surface area contributed by atoms with Gasteiger partial charge in [-0.3, -0.25) is 4.90 Å². The minimum atomic E-state index is 0.182. The zero-order valence-electron chi connectivity index (χ0n) is 11.2. The second-order valence-corrected chi connectivity index (χ2v) is 5.03. The van der Waals surface area contributed by atoms with E-state index < -0.39 is 0 Å². The van der Waals surface area contributed by atoms with Gasteiger partial charge in [0.1, 0.15) is 0 Å². The van der Waals surface area contributed by atoms with E-state index in [-0.39, 0.29) is 5.54 Å². The molecule has 0 rings (SSSR count). The fourth-order valence-corrected chi connectivity index (χ4v) is 1.88. The Morgan fingerprint density at radius 1 is 1.13 bits per heavy atom. The van der Waals surface area contributed by atoms with Gasteiger partial charge in [0.25, 0.3) is 0 Å². The number of likely N-dealkylation sites (N-methyl/N-ethyl adjacent to an activating group) is 1. The number of nitrogens with two attached hydrogens (primary N) is 1. The summed E-state index contributed by atoms with van der Waals surface area (Å²) in [7, 11) is 6.43. The molecule has 3 nitrogen and oxygen atoms in total. The third kappa shape index (κ3) is 5.50. The van der Waals surface area contributed by atoms with Gasteiger partial charge in [-0.2, -0.15) is 0 Å². The Labute approximate surface area is 95.6 Å². The minimum absolute atomic E-state index is 0.182. The average molecular weight is 215 g/mol. The highest BCUT2D eigenvalue weighted by molar-refractivity contribution is 4.85. The SMILES string of the molecule is CCCC(C)(CN)N(C)CCCN(C)C. The lowest BCUT2D eigenvalue weighted by Gasteiger charge is -2.38. The molecule has 3 heteroatoms. The molecule has 0 saturated carbocycles. The molecule has 92 valence electrons. The molecule has 0 amide bonds. The van der Waals surface area contributed by atoms with Crippen LogP contribution in [-0.2, 0) is 0 Å². The van der Waals surface area contributed by atoms with Crippen LogP contribution in [0.15, 0.2) is 0 Å². The van der Waals surface area contributed by atoms with Crippen molar-refractivity contribution < 1.29 is 0 Å². The molecule has 0 fully saturated rings. The molecule has 0 aliphatic rings. The standard InChI is InChI=1S/C12H29N3/c1-6-8-12(2,11-13)15(5)10-7-9-14(3)4/h6-11,13H2,1-5H3. The van der Waals surface area contributed by atoms with Crippen molar-refractivity contribution in [2.24, 2.45) is 5.73 Å². The van der Waals surface area contributed by atoms with Gasteiger partial charge in [-0.25, -0.2) is 0 Å². The van der Waals surface area contributed by atoms with Crippen molar-refractivity contribution in [3.63, 3.8) is 0 Å². The second-order valence-electron chi connectivity index (χ2n) is 5.03. The van der Waals surface area contributed by atoms with Crippen LogP contribution < -0.4 is 5.73 Å². The Morgan fingerprint density at radius 3 is 2.13 bits per heavy atom. The largest absolute Gasteiger partial charge is 0.329 e. The van der Waals surface area contributed by atoms with Gasteiger partial charge in [-0.1, -0.05) is 13.3 Å². The Balaban J connectivity index is 3.98. The molecule has 0 aromatic carbocycles. The fraction of sp³-hybridized carbons (Fsp3) is 1.00. The van der Waals surface area contributed by atoms with Crippen LogP contribution in [0.2, 0.25) is 0 Å². The number of hydrogen-bond donors (Lipinski definition) is 1. The predicted molar refractivity (Wildman–Crippen MR) is 68.2 cm³/mol. The van der Waals surface area contributed by atoms with Gasteiger partial charge in [0.2, 0.25) is 0 Å². The minimum Gasteiger partial charge on any atom is -0.329 e. The summed E-state index contributed by atoms with van der Waals surface area (Å²) in [6, 6.07) is 0. The first-order valence-electron chi connectivity index (χ1n) is 6.02. The van der Waals surface area contributed by atoms with Crippen molar-refractivity contribution in [3.8, 4) is 0 Å². The zero-order valence-corrected chi connectivity index (χ0v) is 11.2. The summed E-state index contributed by atoms with van der Waals surface area (Å²) in [6.45, 7) is 7.52. The predicted octanol–water partition coefficient (Wildman–Crippen LogP) is 1.39. The summed E-state index contributed by atoms with van der Waals surface area (Å²) in [4.78, 5) is 4.65. The Kier molecular flexibility index (Phi) is 7.14. The molecule has 1 unspecified atom stereocenters. The molecule has 1 atom stereocenters. The Morgan fingerprint density at radius 2 is 1.73 bits per heavy atom. The van der Waals surface area contributed by atoms with Crippen LogP contribution in [0.1, 0.15) is 33.1 Å². The van der Waals surface area contributed by atoms with Crippen LogP contribution in [0.4, 0.5) is 0 Å². The van der Waals surface area contributed by atoms with Gasteiger partial charge in [-0.15, -0.1) is 0 Å². The normalized spacial score (nSPS) is 16.0. The first-order chi connectivity index (χ1) is 6.96. The summed E-state index contributed by atoms with van der Waals surface area (Å²) in [5.74, 6) is 0. The third-order valence-electron chi connectivity index (χ3n) is 3.25. The van der Waals surface area contributed by atoms with Gasteiger partial charge in [0, 0.05) is 12.1 Å². The van der Waals surface area contributed by atoms with Gasteiger partial charge < -0.3 is 10.6 Å². The monoisotopic (exact) mass is 215 g/mol. The van der Waals surface area contributed by atoms with E-state index >= 15 is 0 Å². The lowest BCUT2D eigenvalue weighted by molar-refractivity contribution is 0.128. The molecule has 0 saturated heterocycles. The van der Waals surface area contributed by atoms with Crippen molar-refractivity contribution in [2.75, 3.05) is 40.8 Å². The van der Waals surface area contributed by atoms with E-state index in [1.165, 1.54) is 19.3 Å². The molecular formula is C12H29N3. The highest BCUT2D eigenvalue weighted by Crippen LogP contribution is 2.18. The average Bonchev–Trinajstić information content (AvgIpc) is 2.17. The van der Waals surface area contributed by atoms with E-state index in [0.717, 1.165) is 19.6 Å². The van der Waals surface area contributed by atoms with Crippen molar-refractivity contribution in [1.29, 1.82) is 0 Å². The second kappa shape index (κ2) is 7.20. The fourth-order valence-electron chi connectivity index (χ4n) is 1.88. The third-order valence-corrected chi connectivity index (χ3v) is 3.25. The van der Waals surface area contributed by atoms with Crippen LogP contribution in [0.3, 0.4) is 0 Å². The topological polar surface area (TPSA) is 32.5 Å². The van der Waals surface area contributed by atoms with Crippen molar-refractivity contribution in [1.82, 2.24) is 9.80 Å². The summed E-state index contributed by atoms with van der Waals surface area (Å²) < 4.78 is 0. The van der Waals surface area contributed by atoms with Gasteiger partial charge in [0.05, 0.1) is 0 Å². The summed E-state index contributed by atoms with van der Waals surface area (Å²) >= 11 is 0. The van der Waals surface area contributed by atoms with E-state index in [4.69, 9.17) is 5.73 Å².